The van der Waals surface area contributed by atoms with Gasteiger partial charge < -0.3 is 4.57 Å². The lowest BCUT2D eigenvalue weighted by atomic mass is 9.99. The summed E-state index contributed by atoms with van der Waals surface area (Å²) < 4.78 is 59.0. The molecule has 0 aliphatic rings. The molecule has 0 atom stereocenters. The molecule has 0 fully saturated rings. The van der Waals surface area contributed by atoms with E-state index in [1.54, 1.807) is 42.9 Å². The molecule has 174 valence electrons. The van der Waals surface area contributed by atoms with Crippen LogP contribution in [-0.2, 0) is 26.6 Å². The van der Waals surface area contributed by atoms with Crippen molar-refractivity contribution in [2.24, 2.45) is 0 Å². The van der Waals surface area contributed by atoms with Gasteiger partial charge in [0.2, 0.25) is 10.0 Å². The third-order valence-electron chi connectivity index (χ3n) is 5.45. The molecule has 2 aromatic heterocycles. The average molecular weight is 487 g/mol. The Morgan fingerprint density at radius 3 is 2.42 bits per heavy atom. The summed E-state index contributed by atoms with van der Waals surface area (Å²) in [5.41, 5.74) is 1.11. The molecule has 0 spiro atoms. The first kappa shape index (κ1) is 23.2. The maximum absolute atomic E-state index is 13.4. The monoisotopic (exact) mass is 486 g/mol. The van der Waals surface area contributed by atoms with Gasteiger partial charge in [-0.15, -0.1) is 0 Å². The molecule has 1 N–H and O–H groups in total. The number of rotatable bonds is 9. The Labute approximate surface area is 194 Å². The van der Waals surface area contributed by atoms with Gasteiger partial charge in [0.1, 0.15) is 4.90 Å². The lowest BCUT2D eigenvalue weighted by Gasteiger charge is -2.11. The fourth-order valence-electron chi connectivity index (χ4n) is 3.80. The van der Waals surface area contributed by atoms with Crippen LogP contribution in [0.3, 0.4) is 0 Å². The van der Waals surface area contributed by atoms with Crippen LogP contribution in [0.2, 0.25) is 0 Å². The highest BCUT2D eigenvalue weighted by atomic mass is 32.2. The number of sulfonamides is 1. The van der Waals surface area contributed by atoms with Crippen molar-refractivity contribution in [3.05, 3.63) is 79.0 Å². The van der Waals surface area contributed by atoms with E-state index in [-0.39, 0.29) is 22.3 Å². The van der Waals surface area contributed by atoms with E-state index in [0.29, 0.717) is 23.9 Å². The van der Waals surface area contributed by atoms with Crippen LogP contribution in [0.4, 0.5) is 0 Å². The van der Waals surface area contributed by atoms with Crippen molar-refractivity contribution >= 4 is 30.9 Å². The maximum atomic E-state index is 13.4. The van der Waals surface area contributed by atoms with Gasteiger partial charge in [0.25, 0.3) is 10.0 Å². The standard InChI is InChI=1S/C23H26N4O4S2/c1-18(2)20-10-6-11-21-23(20)22(16-27(21)33(30,31)19-8-4-3-5-9-19)32(28,29)25-12-7-14-26-15-13-24-17-26/h3-6,8-11,13,15-18,25H,7,12,14H2,1-2H3. The summed E-state index contributed by atoms with van der Waals surface area (Å²) >= 11 is 0. The van der Waals surface area contributed by atoms with Crippen LogP contribution in [0.15, 0.2) is 83.2 Å². The molecule has 0 bridgehead atoms. The Morgan fingerprint density at radius 1 is 1.00 bits per heavy atom. The smallest absolute Gasteiger partial charge is 0.268 e. The highest BCUT2D eigenvalue weighted by Gasteiger charge is 2.28. The second-order valence-electron chi connectivity index (χ2n) is 8.06. The van der Waals surface area contributed by atoms with Crippen LogP contribution >= 0.6 is 0 Å². The highest BCUT2D eigenvalue weighted by molar-refractivity contribution is 7.91. The molecule has 8 nitrogen and oxygen atoms in total. The minimum atomic E-state index is -3.99. The van der Waals surface area contributed by atoms with Crippen LogP contribution in [0.25, 0.3) is 10.9 Å². The summed E-state index contributed by atoms with van der Waals surface area (Å²) in [6.45, 7) is 4.73. The minimum absolute atomic E-state index is 0.000768. The summed E-state index contributed by atoms with van der Waals surface area (Å²) in [5.74, 6) is -0.000768. The van der Waals surface area contributed by atoms with Gasteiger partial charge in [-0.2, -0.15) is 0 Å². The normalized spacial score (nSPS) is 12.6. The predicted molar refractivity (Wildman–Crippen MR) is 127 cm³/mol. The molecule has 2 heterocycles. The summed E-state index contributed by atoms with van der Waals surface area (Å²) in [5, 5.41) is 0.425. The van der Waals surface area contributed by atoms with E-state index in [1.165, 1.54) is 18.3 Å². The number of nitrogens with one attached hydrogen (secondary N) is 1. The Morgan fingerprint density at radius 2 is 1.76 bits per heavy atom. The quantitative estimate of drug-likeness (QED) is 0.364. The van der Waals surface area contributed by atoms with Gasteiger partial charge in [-0.1, -0.05) is 44.2 Å². The zero-order chi connectivity index (χ0) is 23.6. The third kappa shape index (κ3) is 4.59. The van der Waals surface area contributed by atoms with Gasteiger partial charge in [0.05, 0.1) is 16.7 Å². The first-order valence-electron chi connectivity index (χ1n) is 10.6. The van der Waals surface area contributed by atoms with Crippen LogP contribution in [0, 0.1) is 0 Å². The molecule has 0 saturated carbocycles. The van der Waals surface area contributed by atoms with Crippen molar-refractivity contribution in [1.82, 2.24) is 18.2 Å². The number of benzene rings is 2. The zero-order valence-corrected chi connectivity index (χ0v) is 20.1. The molecule has 4 aromatic rings. The van der Waals surface area contributed by atoms with Gasteiger partial charge >= 0.3 is 0 Å². The van der Waals surface area contributed by atoms with Crippen LogP contribution in [0.5, 0.6) is 0 Å². The molecule has 33 heavy (non-hydrogen) atoms. The molecular weight excluding hydrogens is 460 g/mol. The van der Waals surface area contributed by atoms with E-state index in [9.17, 15) is 16.8 Å². The molecule has 4 rings (SSSR count). The van der Waals surface area contributed by atoms with Gasteiger partial charge in [-0.25, -0.2) is 30.5 Å². The van der Waals surface area contributed by atoms with Gasteiger partial charge in [-0.05, 0) is 36.1 Å². The Balaban J connectivity index is 1.77. The summed E-state index contributed by atoms with van der Waals surface area (Å²) in [7, 11) is -7.95. The summed E-state index contributed by atoms with van der Waals surface area (Å²) in [6, 6.07) is 13.2. The first-order chi connectivity index (χ1) is 15.7. The SMILES string of the molecule is CC(C)c1cccc2c1c(S(=O)(=O)NCCCn1ccnc1)cn2S(=O)(=O)c1ccccc1. The molecular formula is C23H26N4O4S2. The van der Waals surface area contributed by atoms with Crippen molar-refractivity contribution in [3.8, 4) is 0 Å². The lowest BCUT2D eigenvalue weighted by molar-refractivity contribution is 0.570. The predicted octanol–water partition coefficient (Wildman–Crippen LogP) is 3.57. The van der Waals surface area contributed by atoms with Gasteiger partial charge in [-0.3, -0.25) is 0 Å². The highest BCUT2D eigenvalue weighted by Crippen LogP contribution is 2.34. The van der Waals surface area contributed by atoms with Gasteiger partial charge in [0.15, 0.2) is 0 Å². The number of aromatic nitrogens is 3. The number of aryl methyl sites for hydroxylation is 1. The molecule has 0 saturated heterocycles. The second kappa shape index (κ2) is 9.12. The van der Waals surface area contributed by atoms with E-state index in [2.05, 4.69) is 9.71 Å². The largest absolute Gasteiger partial charge is 0.337 e. The minimum Gasteiger partial charge on any atom is -0.337 e. The van der Waals surface area contributed by atoms with E-state index < -0.39 is 20.0 Å². The van der Waals surface area contributed by atoms with E-state index in [4.69, 9.17) is 0 Å². The number of nitrogens with zero attached hydrogens (tertiary/aromatic N) is 3. The fraction of sp³-hybridized carbons (Fsp3) is 0.261. The van der Waals surface area contributed by atoms with Crippen LogP contribution in [0.1, 0.15) is 31.7 Å². The Hall–Kier alpha value is -2.95. The maximum Gasteiger partial charge on any atom is 0.268 e. The van der Waals surface area contributed by atoms with Crippen molar-refractivity contribution in [3.63, 3.8) is 0 Å². The van der Waals surface area contributed by atoms with Crippen LogP contribution in [-0.4, -0.2) is 36.9 Å². The molecule has 2 aromatic carbocycles. The molecule has 0 amide bonds. The number of hydrogen-bond donors (Lipinski definition) is 1. The Bertz CT molecular complexity index is 1460. The molecule has 0 radical (unpaired) electrons. The van der Waals surface area contributed by atoms with E-state index in [0.717, 1.165) is 9.54 Å². The molecule has 0 aliphatic carbocycles. The topological polar surface area (TPSA) is 103 Å². The number of hydrogen-bond acceptors (Lipinski definition) is 5. The molecule has 0 unspecified atom stereocenters. The number of fused-ring (bicyclic) bond motifs is 1. The Kier molecular flexibility index (Phi) is 6.42. The zero-order valence-electron chi connectivity index (χ0n) is 18.4. The summed E-state index contributed by atoms with van der Waals surface area (Å²) in [4.78, 5) is 4.03. The van der Waals surface area contributed by atoms with Crippen molar-refractivity contribution in [2.75, 3.05) is 6.54 Å². The molecule has 10 heteroatoms. The van der Waals surface area contributed by atoms with Crippen molar-refractivity contribution in [2.45, 2.75) is 42.5 Å². The lowest BCUT2D eigenvalue weighted by Crippen LogP contribution is -2.25. The van der Waals surface area contributed by atoms with E-state index >= 15 is 0 Å². The summed E-state index contributed by atoms with van der Waals surface area (Å²) in [6.07, 6.45) is 6.93. The molecule has 0 aliphatic heterocycles. The third-order valence-corrected chi connectivity index (χ3v) is 8.61. The first-order valence-corrected chi connectivity index (χ1v) is 13.5. The second-order valence-corrected chi connectivity index (χ2v) is 11.6. The van der Waals surface area contributed by atoms with Crippen LogP contribution < -0.4 is 4.72 Å². The average Bonchev–Trinajstić information content (AvgIpc) is 3.45. The van der Waals surface area contributed by atoms with E-state index in [1.807, 2.05) is 30.7 Å². The number of imidazole rings is 1. The van der Waals surface area contributed by atoms with Crippen molar-refractivity contribution < 1.29 is 16.8 Å². The van der Waals surface area contributed by atoms with Crippen molar-refractivity contribution in [1.29, 1.82) is 0 Å². The van der Waals surface area contributed by atoms with Gasteiger partial charge in [0, 0.05) is 37.1 Å². The fourth-order valence-corrected chi connectivity index (χ4v) is 6.56.